The molecule has 1 aromatic carbocycles. The quantitative estimate of drug-likeness (QED) is 0.308. The van der Waals surface area contributed by atoms with Crippen molar-refractivity contribution >= 4 is 28.6 Å². The maximum atomic E-state index is 10.6. The summed E-state index contributed by atoms with van der Waals surface area (Å²) >= 11 is 1.50. The number of aryl methyl sites for hydroxylation is 1. The van der Waals surface area contributed by atoms with Crippen molar-refractivity contribution in [3.05, 3.63) is 46.3 Å². The van der Waals surface area contributed by atoms with Gasteiger partial charge in [-0.3, -0.25) is 10.1 Å². The molecule has 3 aromatic rings. The molecule has 9 heteroatoms. The van der Waals surface area contributed by atoms with Crippen molar-refractivity contribution in [2.45, 2.75) is 24.2 Å². The van der Waals surface area contributed by atoms with Crippen LogP contribution in [0.4, 0.5) is 5.69 Å². The van der Waals surface area contributed by atoms with Crippen LogP contribution in [0.1, 0.15) is 12.5 Å². The number of nitro benzene ring substituents is 1. The van der Waals surface area contributed by atoms with Crippen molar-refractivity contribution in [3.63, 3.8) is 0 Å². The highest BCUT2D eigenvalue weighted by Gasteiger charge is 2.11. The number of nitrogens with zero attached hydrogens (tertiary/aromatic N) is 6. The second-order valence-corrected chi connectivity index (χ2v) is 5.43. The van der Waals surface area contributed by atoms with Gasteiger partial charge in [-0.25, -0.2) is 14.6 Å². The smallest absolute Gasteiger partial charge is 0.258 e. The van der Waals surface area contributed by atoms with Crippen LogP contribution in [0.25, 0.3) is 11.2 Å². The van der Waals surface area contributed by atoms with Crippen LogP contribution >= 0.6 is 11.8 Å². The zero-order valence-electron chi connectivity index (χ0n) is 11.7. The standard InChI is InChI=1S/C13H12N6O2S/c1-2-18-12-11(16-17-18)13(15-8-14-12)22-7-9-3-5-10(6-4-9)19(20)21/h3-6,8H,2,7H2,1H3. The Morgan fingerprint density at radius 3 is 2.73 bits per heavy atom. The van der Waals surface area contributed by atoms with E-state index in [1.54, 1.807) is 16.8 Å². The molecule has 0 aliphatic rings. The van der Waals surface area contributed by atoms with Gasteiger partial charge in [0.05, 0.1) is 4.92 Å². The minimum absolute atomic E-state index is 0.0871. The van der Waals surface area contributed by atoms with E-state index in [0.29, 0.717) is 23.5 Å². The molecular formula is C13H12N6O2S. The topological polar surface area (TPSA) is 99.6 Å². The van der Waals surface area contributed by atoms with Crippen LogP contribution in [0.2, 0.25) is 0 Å². The van der Waals surface area contributed by atoms with Crippen LogP contribution in [0, 0.1) is 10.1 Å². The van der Waals surface area contributed by atoms with Gasteiger partial charge in [-0.05, 0) is 12.5 Å². The average Bonchev–Trinajstić information content (AvgIpc) is 2.97. The van der Waals surface area contributed by atoms with Crippen LogP contribution in [0.3, 0.4) is 0 Å². The van der Waals surface area contributed by atoms with Crippen molar-refractivity contribution in [1.29, 1.82) is 0 Å². The van der Waals surface area contributed by atoms with E-state index in [1.165, 1.54) is 30.2 Å². The molecule has 0 saturated carbocycles. The Morgan fingerprint density at radius 2 is 2.05 bits per heavy atom. The number of hydrogen-bond donors (Lipinski definition) is 0. The molecule has 0 aliphatic heterocycles. The Kier molecular flexibility index (Phi) is 3.96. The maximum absolute atomic E-state index is 10.6. The number of aromatic nitrogens is 5. The fourth-order valence-electron chi connectivity index (χ4n) is 1.96. The Morgan fingerprint density at radius 1 is 1.27 bits per heavy atom. The summed E-state index contributed by atoms with van der Waals surface area (Å²) in [6.45, 7) is 2.67. The van der Waals surface area contributed by atoms with Crippen molar-refractivity contribution in [2.24, 2.45) is 0 Å². The molecule has 3 rings (SSSR count). The number of thioether (sulfide) groups is 1. The Hall–Kier alpha value is -2.55. The van der Waals surface area contributed by atoms with Gasteiger partial charge < -0.3 is 0 Å². The van der Waals surface area contributed by atoms with E-state index < -0.39 is 4.92 Å². The maximum Gasteiger partial charge on any atom is 0.269 e. The van der Waals surface area contributed by atoms with Gasteiger partial charge in [0.2, 0.25) is 0 Å². The molecule has 0 radical (unpaired) electrons. The molecule has 2 heterocycles. The van der Waals surface area contributed by atoms with Crippen LogP contribution in [0.5, 0.6) is 0 Å². The van der Waals surface area contributed by atoms with Crippen LogP contribution < -0.4 is 0 Å². The molecular weight excluding hydrogens is 304 g/mol. The minimum atomic E-state index is -0.409. The third kappa shape index (κ3) is 2.75. The first-order valence-corrected chi connectivity index (χ1v) is 7.58. The number of benzene rings is 1. The number of hydrogen-bond acceptors (Lipinski definition) is 7. The van der Waals surface area contributed by atoms with Gasteiger partial charge in [0.25, 0.3) is 5.69 Å². The zero-order valence-corrected chi connectivity index (χ0v) is 12.5. The molecule has 0 amide bonds. The molecule has 2 aromatic heterocycles. The molecule has 22 heavy (non-hydrogen) atoms. The summed E-state index contributed by atoms with van der Waals surface area (Å²) in [5, 5.41) is 19.5. The average molecular weight is 316 g/mol. The Labute approximate surface area is 129 Å². The molecule has 112 valence electrons. The lowest BCUT2D eigenvalue weighted by atomic mass is 10.2. The van der Waals surface area contributed by atoms with Crippen molar-refractivity contribution in [1.82, 2.24) is 25.0 Å². The van der Waals surface area contributed by atoms with Gasteiger partial charge >= 0.3 is 0 Å². The molecule has 0 atom stereocenters. The highest BCUT2D eigenvalue weighted by Crippen LogP contribution is 2.26. The van der Waals surface area contributed by atoms with Gasteiger partial charge in [0.15, 0.2) is 11.2 Å². The van der Waals surface area contributed by atoms with Gasteiger partial charge in [-0.2, -0.15) is 0 Å². The zero-order chi connectivity index (χ0) is 15.5. The molecule has 0 saturated heterocycles. The lowest BCUT2D eigenvalue weighted by Gasteiger charge is -2.02. The number of fused-ring (bicyclic) bond motifs is 1. The lowest BCUT2D eigenvalue weighted by Crippen LogP contribution is -1.97. The highest BCUT2D eigenvalue weighted by atomic mass is 32.2. The molecule has 8 nitrogen and oxygen atoms in total. The van der Waals surface area contributed by atoms with E-state index in [-0.39, 0.29) is 5.69 Å². The monoisotopic (exact) mass is 316 g/mol. The van der Waals surface area contributed by atoms with Crippen LogP contribution in [0.15, 0.2) is 35.6 Å². The van der Waals surface area contributed by atoms with Crippen LogP contribution in [-0.4, -0.2) is 29.9 Å². The summed E-state index contributed by atoms with van der Waals surface area (Å²) in [6.07, 6.45) is 1.50. The van der Waals surface area contributed by atoms with E-state index in [0.717, 1.165) is 10.6 Å². The summed E-state index contributed by atoms with van der Waals surface area (Å²) in [7, 11) is 0. The second-order valence-electron chi connectivity index (χ2n) is 4.47. The Balaban J connectivity index is 1.79. The van der Waals surface area contributed by atoms with Crippen molar-refractivity contribution in [2.75, 3.05) is 0 Å². The van der Waals surface area contributed by atoms with Crippen molar-refractivity contribution < 1.29 is 4.92 Å². The second kappa shape index (κ2) is 6.06. The molecule has 0 spiro atoms. The van der Waals surface area contributed by atoms with E-state index >= 15 is 0 Å². The van der Waals surface area contributed by atoms with E-state index in [2.05, 4.69) is 20.3 Å². The van der Waals surface area contributed by atoms with Gasteiger partial charge in [0.1, 0.15) is 11.4 Å². The predicted molar refractivity (Wildman–Crippen MR) is 81.4 cm³/mol. The molecule has 0 bridgehead atoms. The van der Waals surface area contributed by atoms with E-state index in [9.17, 15) is 10.1 Å². The summed E-state index contributed by atoms with van der Waals surface area (Å²) in [6, 6.07) is 6.48. The molecule has 0 fully saturated rings. The number of rotatable bonds is 5. The summed E-state index contributed by atoms with van der Waals surface area (Å²) in [5.41, 5.74) is 2.45. The number of nitro groups is 1. The van der Waals surface area contributed by atoms with E-state index in [1.807, 2.05) is 6.92 Å². The third-order valence-corrected chi connectivity index (χ3v) is 4.14. The molecule has 0 unspecified atom stereocenters. The first-order chi connectivity index (χ1) is 10.7. The fourth-order valence-corrected chi connectivity index (χ4v) is 2.84. The normalized spacial score (nSPS) is 11.0. The van der Waals surface area contributed by atoms with Crippen LogP contribution in [-0.2, 0) is 12.3 Å². The largest absolute Gasteiger partial charge is 0.269 e. The predicted octanol–water partition coefficient (Wildman–Crippen LogP) is 2.44. The third-order valence-electron chi connectivity index (χ3n) is 3.09. The molecule has 0 N–H and O–H groups in total. The lowest BCUT2D eigenvalue weighted by molar-refractivity contribution is -0.384. The minimum Gasteiger partial charge on any atom is -0.258 e. The summed E-state index contributed by atoms with van der Waals surface area (Å²) in [4.78, 5) is 18.7. The summed E-state index contributed by atoms with van der Waals surface area (Å²) < 4.78 is 1.72. The van der Waals surface area contributed by atoms with Crippen molar-refractivity contribution in [3.8, 4) is 0 Å². The highest BCUT2D eigenvalue weighted by molar-refractivity contribution is 7.98. The Bertz CT molecular complexity index is 817. The van der Waals surface area contributed by atoms with E-state index in [4.69, 9.17) is 0 Å². The van der Waals surface area contributed by atoms with Gasteiger partial charge in [-0.1, -0.05) is 29.1 Å². The fraction of sp³-hybridized carbons (Fsp3) is 0.231. The first kappa shape index (κ1) is 14.4. The van der Waals surface area contributed by atoms with Gasteiger partial charge in [-0.15, -0.1) is 5.10 Å². The number of non-ortho nitro benzene ring substituents is 1. The first-order valence-electron chi connectivity index (χ1n) is 6.59. The SMILES string of the molecule is CCn1nnc2c(SCc3ccc([N+](=O)[O-])cc3)ncnc21. The molecule has 0 aliphatic carbocycles. The van der Waals surface area contributed by atoms with Gasteiger partial charge in [0, 0.05) is 24.4 Å². The summed E-state index contributed by atoms with van der Waals surface area (Å²) in [5.74, 6) is 0.642.